The molecule has 0 fully saturated rings. The zero-order valence-corrected chi connectivity index (χ0v) is 17.9. The van der Waals surface area contributed by atoms with E-state index in [0.29, 0.717) is 19.4 Å². The van der Waals surface area contributed by atoms with Crippen molar-refractivity contribution in [2.24, 2.45) is 5.41 Å². The Labute approximate surface area is 175 Å². The molecule has 1 amide bonds. The van der Waals surface area contributed by atoms with Gasteiger partial charge in [0.2, 0.25) is 5.91 Å². The van der Waals surface area contributed by atoms with Crippen molar-refractivity contribution in [3.63, 3.8) is 0 Å². The third kappa shape index (κ3) is 4.52. The van der Waals surface area contributed by atoms with E-state index in [0.717, 1.165) is 33.6 Å². The van der Waals surface area contributed by atoms with Crippen LogP contribution in [0.4, 0.5) is 15.8 Å². The molecule has 1 aliphatic heterocycles. The van der Waals surface area contributed by atoms with E-state index in [9.17, 15) is 9.18 Å². The Bertz CT molecular complexity index is 927. The maximum absolute atomic E-state index is 13.6. The van der Waals surface area contributed by atoms with Crippen molar-refractivity contribution in [1.82, 2.24) is 0 Å². The fraction of sp³-hybridized carbons (Fsp3) is 0.435. The van der Waals surface area contributed by atoms with Crippen LogP contribution in [0.3, 0.4) is 0 Å². The zero-order valence-electron chi connectivity index (χ0n) is 17.9. The third-order valence-electron chi connectivity index (χ3n) is 5.33. The highest BCUT2D eigenvalue weighted by Crippen LogP contribution is 2.37. The van der Waals surface area contributed by atoms with Gasteiger partial charge in [-0.1, -0.05) is 26.8 Å². The van der Waals surface area contributed by atoms with Crippen LogP contribution in [0.5, 0.6) is 0 Å². The number of hydrogen-bond acceptors (Lipinski definition) is 2. The van der Waals surface area contributed by atoms with Crippen LogP contribution in [-0.2, 0) is 16.6 Å². The van der Waals surface area contributed by atoms with Crippen LogP contribution < -0.4 is 10.2 Å². The number of nitrogens with zero attached hydrogens (tertiary/aromatic N) is 1. The van der Waals surface area contributed by atoms with Gasteiger partial charge in [0.15, 0.2) is 0 Å². The van der Waals surface area contributed by atoms with Crippen LogP contribution in [0.2, 0.25) is 0 Å². The van der Waals surface area contributed by atoms with Gasteiger partial charge in [0, 0.05) is 24.3 Å². The summed E-state index contributed by atoms with van der Waals surface area (Å²) in [6.45, 7) is 10.6. The average molecular weight is 388 g/mol. The predicted octanol–water partition coefficient (Wildman–Crippen LogP) is 4.33. The number of benzene rings is 2. The maximum atomic E-state index is 13.6. The van der Waals surface area contributed by atoms with Gasteiger partial charge in [-0.05, 0) is 77.5 Å². The number of fused-ring (bicyclic) bond motifs is 1. The molecule has 4 radical (unpaired) electrons. The fourth-order valence-electron chi connectivity index (χ4n) is 4.02. The lowest BCUT2D eigenvalue weighted by Gasteiger charge is -2.47. The lowest BCUT2D eigenvalue weighted by atomic mass is 9.54. The molecular formula is C23H27B2FN2O. The number of nitrogens with one attached hydrogen (secondary N) is 1. The Morgan fingerprint density at radius 3 is 2.38 bits per heavy atom. The minimum absolute atomic E-state index is 0.00243. The standard InChI is InChI=1S/C23H27B2FN2O/c1-14-10-18(11-15(2)21(14)27-20(29)13-22(3,4)5)28-9-8-16-12-17(26)6-7-19(16)23(28,24)25/h6-7,10-12H,8-9,13H2,1-5H3,(H,27,29). The maximum Gasteiger partial charge on any atom is 0.224 e. The number of rotatable bonds is 3. The summed E-state index contributed by atoms with van der Waals surface area (Å²) in [5, 5.41) is 1.81. The summed E-state index contributed by atoms with van der Waals surface area (Å²) in [5.41, 5.74) is 5.08. The highest BCUT2D eigenvalue weighted by Gasteiger charge is 2.34. The second-order valence-corrected chi connectivity index (χ2v) is 9.27. The van der Waals surface area contributed by atoms with Gasteiger partial charge >= 0.3 is 0 Å². The number of carbonyl (C=O) groups is 1. The van der Waals surface area contributed by atoms with Gasteiger partial charge in [-0.2, -0.15) is 0 Å². The van der Waals surface area contributed by atoms with Crippen LogP contribution in [0.25, 0.3) is 0 Å². The Hall–Kier alpha value is -2.23. The fourth-order valence-corrected chi connectivity index (χ4v) is 4.02. The normalized spacial score (nSPS) is 15.7. The molecule has 1 aliphatic rings. The van der Waals surface area contributed by atoms with E-state index in [2.05, 4.69) is 5.32 Å². The summed E-state index contributed by atoms with van der Waals surface area (Å²) in [7, 11) is 13.0. The first-order chi connectivity index (χ1) is 13.4. The Balaban J connectivity index is 1.91. The topological polar surface area (TPSA) is 32.3 Å². The molecule has 2 aromatic rings. The van der Waals surface area contributed by atoms with Gasteiger partial charge in [-0.15, -0.1) is 0 Å². The second kappa shape index (κ2) is 7.55. The molecule has 0 spiro atoms. The summed E-state index contributed by atoms with van der Waals surface area (Å²) in [6.07, 6.45) is 1.10. The first-order valence-corrected chi connectivity index (χ1v) is 9.94. The number of aryl methyl sites for hydroxylation is 2. The van der Waals surface area contributed by atoms with E-state index in [4.69, 9.17) is 15.7 Å². The molecule has 0 unspecified atom stereocenters. The molecule has 0 atom stereocenters. The number of hydrogen-bond donors (Lipinski definition) is 1. The molecule has 0 bridgehead atoms. The first kappa shape index (κ1) is 21.5. The van der Waals surface area contributed by atoms with E-state index in [1.807, 2.05) is 51.7 Å². The van der Waals surface area contributed by atoms with E-state index in [1.54, 1.807) is 6.07 Å². The summed E-state index contributed by atoms with van der Waals surface area (Å²) in [6, 6.07) is 8.54. The molecule has 1 N–H and O–H groups in total. The van der Waals surface area contributed by atoms with Crippen LogP contribution >= 0.6 is 0 Å². The largest absolute Gasteiger partial charge is 0.379 e. The Kier molecular flexibility index (Phi) is 5.59. The number of halogens is 1. The smallest absolute Gasteiger partial charge is 0.224 e. The van der Waals surface area contributed by atoms with Gasteiger partial charge in [-0.3, -0.25) is 4.79 Å². The van der Waals surface area contributed by atoms with Gasteiger partial charge in [-0.25, -0.2) is 4.39 Å². The van der Waals surface area contributed by atoms with Crippen LogP contribution in [0, 0.1) is 25.1 Å². The molecule has 0 aliphatic carbocycles. The van der Waals surface area contributed by atoms with Crippen LogP contribution in [0.1, 0.15) is 49.4 Å². The van der Waals surface area contributed by atoms with E-state index in [1.165, 1.54) is 12.1 Å². The predicted molar refractivity (Wildman–Crippen MR) is 119 cm³/mol. The summed E-state index contributed by atoms with van der Waals surface area (Å²) in [4.78, 5) is 14.3. The van der Waals surface area contributed by atoms with Gasteiger partial charge in [0.25, 0.3) is 0 Å². The molecule has 29 heavy (non-hydrogen) atoms. The highest BCUT2D eigenvalue weighted by atomic mass is 19.1. The Morgan fingerprint density at radius 2 is 1.79 bits per heavy atom. The van der Waals surface area contributed by atoms with E-state index >= 15 is 0 Å². The van der Waals surface area contributed by atoms with Crippen molar-refractivity contribution >= 4 is 33.0 Å². The molecule has 3 rings (SSSR count). The molecule has 0 aromatic heterocycles. The molecule has 1 heterocycles. The van der Waals surface area contributed by atoms with E-state index in [-0.39, 0.29) is 17.1 Å². The molecule has 3 nitrogen and oxygen atoms in total. The third-order valence-corrected chi connectivity index (χ3v) is 5.33. The van der Waals surface area contributed by atoms with Crippen molar-refractivity contribution in [2.45, 2.75) is 52.8 Å². The number of amides is 1. The Morgan fingerprint density at radius 1 is 1.17 bits per heavy atom. The minimum Gasteiger partial charge on any atom is -0.379 e. The highest BCUT2D eigenvalue weighted by molar-refractivity contribution is 6.41. The molecule has 0 saturated carbocycles. The number of anilines is 2. The quantitative estimate of drug-likeness (QED) is 0.795. The van der Waals surface area contributed by atoms with Crippen LogP contribution in [0.15, 0.2) is 30.3 Å². The lowest BCUT2D eigenvalue weighted by molar-refractivity contribution is -0.117. The van der Waals surface area contributed by atoms with Crippen molar-refractivity contribution < 1.29 is 9.18 Å². The second-order valence-electron chi connectivity index (χ2n) is 9.27. The zero-order chi connectivity index (χ0) is 21.6. The monoisotopic (exact) mass is 388 g/mol. The van der Waals surface area contributed by atoms with Gasteiger partial charge < -0.3 is 10.2 Å². The van der Waals surface area contributed by atoms with E-state index < -0.39 is 5.34 Å². The molecule has 0 saturated heterocycles. The van der Waals surface area contributed by atoms with Crippen molar-refractivity contribution in [3.05, 3.63) is 58.4 Å². The van der Waals surface area contributed by atoms with Crippen molar-refractivity contribution in [2.75, 3.05) is 16.8 Å². The summed E-state index contributed by atoms with van der Waals surface area (Å²) < 4.78 is 13.6. The van der Waals surface area contributed by atoms with Gasteiger partial charge in [0.1, 0.15) is 5.82 Å². The summed E-state index contributed by atoms with van der Waals surface area (Å²) >= 11 is 0. The molecular weight excluding hydrogens is 361 g/mol. The average Bonchev–Trinajstić information content (AvgIpc) is 2.56. The molecule has 148 valence electrons. The SMILES string of the molecule is [B]C1([B])c2ccc(F)cc2CCN1c1cc(C)c(NC(=O)CC(C)(C)C)c(C)c1. The molecule has 6 heteroatoms. The minimum atomic E-state index is -1.24. The van der Waals surface area contributed by atoms with Gasteiger partial charge in [0.05, 0.1) is 15.7 Å². The molecule has 2 aromatic carbocycles. The van der Waals surface area contributed by atoms with Crippen molar-refractivity contribution in [1.29, 1.82) is 0 Å². The summed E-state index contributed by atoms with van der Waals surface area (Å²) in [5.74, 6) is -0.285. The van der Waals surface area contributed by atoms with Crippen molar-refractivity contribution in [3.8, 4) is 0 Å². The number of carbonyl (C=O) groups excluding carboxylic acids is 1. The lowest BCUT2D eigenvalue weighted by Crippen LogP contribution is -2.52. The van der Waals surface area contributed by atoms with Crippen LogP contribution in [-0.4, -0.2) is 28.1 Å². The first-order valence-electron chi connectivity index (χ1n) is 9.94.